The van der Waals surface area contributed by atoms with Crippen molar-refractivity contribution in [1.29, 1.82) is 0 Å². The number of alkyl halides is 9. The van der Waals surface area contributed by atoms with Gasteiger partial charge in [-0.15, -0.1) is 29.3 Å². The number of carboxylic acids is 1. The van der Waals surface area contributed by atoms with Gasteiger partial charge >= 0.3 is 24.5 Å². The molecule has 223 valence electrons. The van der Waals surface area contributed by atoms with Crippen LogP contribution in [0.3, 0.4) is 0 Å². The van der Waals surface area contributed by atoms with Gasteiger partial charge < -0.3 is 10.1 Å². The van der Waals surface area contributed by atoms with Crippen molar-refractivity contribution in [1.82, 2.24) is 9.97 Å². The molecule has 1 aliphatic carbocycles. The molecule has 14 heteroatoms. The molecule has 0 bridgehead atoms. The Kier molecular flexibility index (Phi) is 8.95. The molecule has 1 aliphatic rings. The molecule has 0 fully saturated rings. The first-order valence-electron chi connectivity index (χ1n) is 11.5. The molecule has 1 radical (unpaired) electrons. The number of aromatic nitrogens is 2. The second-order valence-corrected chi connectivity index (χ2v) is 9.00. The summed E-state index contributed by atoms with van der Waals surface area (Å²) in [7, 11) is 0. The Hall–Kier alpha value is -3.77. The Labute approximate surface area is 245 Å². The molecule has 4 nitrogen and oxygen atoms in total. The number of carbonyl (C=O) groups is 1. The van der Waals surface area contributed by atoms with Crippen molar-refractivity contribution in [2.75, 3.05) is 0 Å². The number of carboxylic acid groups (broad SMARTS) is 1. The van der Waals surface area contributed by atoms with Crippen LogP contribution in [0.4, 0.5) is 39.5 Å². The van der Waals surface area contributed by atoms with Crippen LogP contribution in [-0.2, 0) is 37.9 Å². The standard InChI is InChI=1S/C22H11F9N.C6H5NO2.Ir/c1-19(22(29,30)31)16-8-11(18-7-4-13(10-32-18)21(26,27)28)2-5-14(16)15-6-3-12(9-17(15)19)20(23,24)25;8-6(9)5-3-1-2-4-7-5;/h3-10H,1H3;1-4H,(H,8,9);/q-1;;. The van der Waals surface area contributed by atoms with Crippen molar-refractivity contribution < 1.29 is 69.5 Å². The summed E-state index contributed by atoms with van der Waals surface area (Å²) in [6, 6.07) is 13.6. The summed E-state index contributed by atoms with van der Waals surface area (Å²) >= 11 is 0. The Morgan fingerprint density at radius 1 is 0.810 bits per heavy atom. The van der Waals surface area contributed by atoms with Crippen molar-refractivity contribution in [3.63, 3.8) is 0 Å². The van der Waals surface area contributed by atoms with Crippen LogP contribution in [0.25, 0.3) is 22.4 Å². The van der Waals surface area contributed by atoms with Gasteiger partial charge in [-0.1, -0.05) is 41.5 Å². The van der Waals surface area contributed by atoms with Gasteiger partial charge in [0.15, 0.2) is 0 Å². The van der Waals surface area contributed by atoms with Crippen LogP contribution in [0, 0.1) is 6.07 Å². The predicted octanol–water partition coefficient (Wildman–Crippen LogP) is 8.21. The molecule has 0 spiro atoms. The van der Waals surface area contributed by atoms with E-state index in [4.69, 9.17) is 5.11 Å². The molecule has 0 aliphatic heterocycles. The number of hydrogen-bond acceptors (Lipinski definition) is 3. The Morgan fingerprint density at radius 2 is 1.43 bits per heavy atom. The van der Waals surface area contributed by atoms with Gasteiger partial charge in [-0.25, -0.2) is 9.78 Å². The fourth-order valence-electron chi connectivity index (χ4n) is 4.31. The van der Waals surface area contributed by atoms with Crippen molar-refractivity contribution >= 4 is 5.97 Å². The molecule has 0 saturated heterocycles. The van der Waals surface area contributed by atoms with Crippen LogP contribution in [0.1, 0.15) is 39.7 Å². The SMILES string of the molecule is CC1(C(F)(F)F)c2cc(-c3ccc(C(F)(F)F)cn3)[c-]cc2-c2ccc(C(F)(F)F)cc21.O=C(O)c1ccccn1.[Ir]. The fourth-order valence-corrected chi connectivity index (χ4v) is 4.31. The molecule has 1 N–H and O–H groups in total. The van der Waals surface area contributed by atoms with Crippen LogP contribution in [0.15, 0.2) is 73.1 Å². The van der Waals surface area contributed by atoms with Crippen molar-refractivity contribution in [2.24, 2.45) is 0 Å². The summed E-state index contributed by atoms with van der Waals surface area (Å²) in [4.78, 5) is 17.4. The second-order valence-electron chi connectivity index (χ2n) is 9.00. The van der Waals surface area contributed by atoms with E-state index in [2.05, 4.69) is 16.0 Å². The number of fused-ring (bicyclic) bond motifs is 3. The smallest absolute Gasteiger partial charge is 0.417 e. The minimum Gasteiger partial charge on any atom is -0.477 e. The number of rotatable bonds is 2. The number of halogens is 9. The van der Waals surface area contributed by atoms with Crippen molar-refractivity contribution in [2.45, 2.75) is 30.9 Å². The van der Waals surface area contributed by atoms with Crippen LogP contribution >= 0.6 is 0 Å². The summed E-state index contributed by atoms with van der Waals surface area (Å²) in [6.07, 6.45) is -12.4. The normalized spacial score (nSPS) is 16.0. The summed E-state index contributed by atoms with van der Waals surface area (Å²) in [5.74, 6) is -0.990. The molecular weight excluding hydrogens is 760 g/mol. The van der Waals surface area contributed by atoms with Crippen LogP contribution in [0.2, 0.25) is 0 Å². The maximum absolute atomic E-state index is 14.2. The Bertz CT molecular complexity index is 1590. The number of nitrogens with zero attached hydrogens (tertiary/aromatic N) is 2. The number of benzene rings is 2. The van der Waals surface area contributed by atoms with E-state index in [-0.39, 0.29) is 53.7 Å². The van der Waals surface area contributed by atoms with Crippen LogP contribution in [-0.4, -0.2) is 27.2 Å². The van der Waals surface area contributed by atoms with E-state index < -0.39 is 46.6 Å². The van der Waals surface area contributed by atoms with Gasteiger partial charge in [0, 0.05) is 32.5 Å². The first-order chi connectivity index (χ1) is 18.9. The minimum atomic E-state index is -4.95. The largest absolute Gasteiger partial charge is 0.477 e. The first kappa shape index (κ1) is 32.7. The molecule has 0 saturated carbocycles. The second kappa shape index (κ2) is 11.5. The summed E-state index contributed by atoms with van der Waals surface area (Å²) in [5, 5.41) is 8.32. The molecule has 42 heavy (non-hydrogen) atoms. The van der Waals surface area contributed by atoms with Crippen LogP contribution < -0.4 is 0 Å². The average molecular weight is 776 g/mol. The summed E-state index contributed by atoms with van der Waals surface area (Å²) < 4.78 is 120. The molecular formula is C28H16F9IrN2O2-. The molecule has 2 aromatic heterocycles. The van der Waals surface area contributed by atoms with E-state index in [0.717, 1.165) is 31.2 Å². The van der Waals surface area contributed by atoms with E-state index in [1.165, 1.54) is 18.3 Å². The van der Waals surface area contributed by atoms with Gasteiger partial charge in [0.05, 0.1) is 16.5 Å². The van der Waals surface area contributed by atoms with Crippen molar-refractivity contribution in [3.05, 3.63) is 107 Å². The average Bonchev–Trinajstić information content (AvgIpc) is 3.17. The topological polar surface area (TPSA) is 63.1 Å². The van der Waals surface area contributed by atoms with E-state index in [0.29, 0.717) is 18.3 Å². The molecule has 2 heterocycles. The van der Waals surface area contributed by atoms with Crippen molar-refractivity contribution in [3.8, 4) is 22.4 Å². The summed E-state index contributed by atoms with van der Waals surface area (Å²) in [6.45, 7) is 0.780. The quantitative estimate of drug-likeness (QED) is 0.165. The number of hydrogen-bond donors (Lipinski definition) is 1. The Balaban J connectivity index is 0.000000415. The third-order valence-electron chi connectivity index (χ3n) is 6.48. The van der Waals surface area contributed by atoms with Gasteiger partial charge in [-0.2, -0.15) is 39.5 Å². The van der Waals surface area contributed by atoms with E-state index in [1.807, 2.05) is 0 Å². The van der Waals surface area contributed by atoms with Crippen LogP contribution in [0.5, 0.6) is 0 Å². The number of aromatic carboxylic acids is 1. The number of pyridine rings is 2. The first-order valence-corrected chi connectivity index (χ1v) is 11.5. The van der Waals surface area contributed by atoms with Gasteiger partial charge in [-0.05, 0) is 36.4 Å². The predicted molar refractivity (Wildman–Crippen MR) is 128 cm³/mol. The van der Waals surface area contributed by atoms with Gasteiger partial charge in [-0.3, -0.25) is 0 Å². The molecule has 2 aromatic carbocycles. The third-order valence-corrected chi connectivity index (χ3v) is 6.48. The zero-order valence-corrected chi connectivity index (χ0v) is 23.3. The third kappa shape index (κ3) is 6.19. The van der Waals surface area contributed by atoms with Gasteiger partial charge in [0.2, 0.25) is 0 Å². The van der Waals surface area contributed by atoms with Gasteiger partial charge in [0.25, 0.3) is 0 Å². The Morgan fingerprint density at radius 3 is 1.90 bits per heavy atom. The fraction of sp³-hybridized carbons (Fsp3) is 0.179. The maximum atomic E-state index is 14.2. The van der Waals surface area contributed by atoms with Gasteiger partial charge in [0.1, 0.15) is 5.69 Å². The molecule has 4 aromatic rings. The van der Waals surface area contributed by atoms with E-state index in [1.54, 1.807) is 12.1 Å². The molecule has 0 amide bonds. The zero-order valence-electron chi connectivity index (χ0n) is 20.9. The zero-order chi connectivity index (χ0) is 30.4. The minimum absolute atomic E-state index is 0. The van der Waals surface area contributed by atoms with E-state index in [9.17, 15) is 44.3 Å². The molecule has 1 unspecified atom stereocenters. The maximum Gasteiger partial charge on any atom is 0.417 e. The molecule has 1 atom stereocenters. The monoisotopic (exact) mass is 776 g/mol. The summed E-state index contributed by atoms with van der Waals surface area (Å²) in [5.41, 5.74) is -5.86. The van der Waals surface area contributed by atoms with E-state index >= 15 is 0 Å². The molecule has 5 rings (SSSR count).